The zero-order chi connectivity index (χ0) is 11.7. The minimum atomic E-state index is 0.441. The summed E-state index contributed by atoms with van der Waals surface area (Å²) in [6.45, 7) is 4.37. The summed E-state index contributed by atoms with van der Waals surface area (Å²) in [6.07, 6.45) is 1.20. The van der Waals surface area contributed by atoms with Crippen LogP contribution in [-0.4, -0.2) is 12.3 Å². The first-order valence-electron chi connectivity index (χ1n) is 5.75. The van der Waals surface area contributed by atoms with Gasteiger partial charge in [0.05, 0.1) is 0 Å². The average molecular weight is 256 g/mol. The van der Waals surface area contributed by atoms with Gasteiger partial charge in [0, 0.05) is 22.1 Å². The van der Waals surface area contributed by atoms with Crippen molar-refractivity contribution in [2.24, 2.45) is 0 Å². The first kappa shape index (κ1) is 12.3. The van der Waals surface area contributed by atoms with Gasteiger partial charge in [-0.3, -0.25) is 0 Å². The number of hydrogen-bond acceptors (Lipinski definition) is 2. The zero-order valence-electron chi connectivity index (χ0n) is 10.0. The predicted octanol–water partition coefficient (Wildman–Crippen LogP) is 3.93. The van der Waals surface area contributed by atoms with E-state index in [1.54, 1.807) is 0 Å². The summed E-state index contributed by atoms with van der Waals surface area (Å²) in [5.41, 5.74) is 3.98. The number of fused-ring (bicyclic) bond motifs is 1. The molecule has 1 aromatic rings. The molecular formula is C13H18ClNS. The quantitative estimate of drug-likeness (QED) is 0.859. The Kier molecular flexibility index (Phi) is 3.83. The SMILES string of the molecule is CCC1SCc2c(Cl)cc(C)cc2C1NC. The van der Waals surface area contributed by atoms with Gasteiger partial charge in [0.25, 0.3) is 0 Å². The largest absolute Gasteiger partial charge is 0.312 e. The van der Waals surface area contributed by atoms with Gasteiger partial charge in [0.2, 0.25) is 0 Å². The second-order valence-electron chi connectivity index (χ2n) is 4.34. The Labute approximate surface area is 107 Å². The van der Waals surface area contributed by atoms with E-state index < -0.39 is 0 Å². The fraction of sp³-hybridized carbons (Fsp3) is 0.538. The second-order valence-corrected chi connectivity index (χ2v) is 5.97. The number of hydrogen-bond donors (Lipinski definition) is 1. The van der Waals surface area contributed by atoms with Crippen molar-refractivity contribution >= 4 is 23.4 Å². The van der Waals surface area contributed by atoms with E-state index in [-0.39, 0.29) is 0 Å². The molecule has 0 bridgehead atoms. The highest BCUT2D eigenvalue weighted by atomic mass is 35.5. The molecule has 1 aromatic carbocycles. The summed E-state index contributed by atoms with van der Waals surface area (Å²) in [6, 6.07) is 4.79. The molecule has 0 aromatic heterocycles. The van der Waals surface area contributed by atoms with E-state index in [4.69, 9.17) is 11.6 Å². The van der Waals surface area contributed by atoms with Crippen LogP contribution in [0.4, 0.5) is 0 Å². The van der Waals surface area contributed by atoms with Crippen LogP contribution in [0, 0.1) is 6.92 Å². The number of thioether (sulfide) groups is 1. The summed E-state index contributed by atoms with van der Waals surface area (Å²) in [5, 5.41) is 5.03. The van der Waals surface area contributed by atoms with E-state index in [1.165, 1.54) is 23.1 Å². The van der Waals surface area contributed by atoms with Crippen molar-refractivity contribution in [3.8, 4) is 0 Å². The number of aryl methyl sites for hydroxylation is 1. The second kappa shape index (κ2) is 4.99. The highest BCUT2D eigenvalue weighted by molar-refractivity contribution is 7.99. The molecular weight excluding hydrogens is 238 g/mol. The lowest BCUT2D eigenvalue weighted by Crippen LogP contribution is -2.31. The maximum absolute atomic E-state index is 6.32. The standard InChI is InChI=1S/C13H18ClNS/c1-4-12-13(15-3)9-5-8(2)6-11(14)10(9)7-16-12/h5-6,12-13,15H,4,7H2,1-3H3. The van der Waals surface area contributed by atoms with Crippen molar-refractivity contribution in [3.05, 3.63) is 33.8 Å². The molecule has 16 heavy (non-hydrogen) atoms. The average Bonchev–Trinajstić information content (AvgIpc) is 2.27. The van der Waals surface area contributed by atoms with Gasteiger partial charge in [0.1, 0.15) is 0 Å². The van der Waals surface area contributed by atoms with Gasteiger partial charge < -0.3 is 5.32 Å². The van der Waals surface area contributed by atoms with Crippen molar-refractivity contribution in [2.75, 3.05) is 7.05 Å². The van der Waals surface area contributed by atoms with Crippen LogP contribution in [-0.2, 0) is 5.75 Å². The Morgan fingerprint density at radius 3 is 2.88 bits per heavy atom. The van der Waals surface area contributed by atoms with Crippen LogP contribution >= 0.6 is 23.4 Å². The molecule has 0 aliphatic carbocycles. The van der Waals surface area contributed by atoms with Crippen molar-refractivity contribution in [1.82, 2.24) is 5.32 Å². The van der Waals surface area contributed by atoms with Crippen molar-refractivity contribution in [1.29, 1.82) is 0 Å². The van der Waals surface area contributed by atoms with Crippen LogP contribution < -0.4 is 5.32 Å². The third-order valence-corrected chi connectivity index (χ3v) is 5.06. The lowest BCUT2D eigenvalue weighted by Gasteiger charge is -2.33. The molecule has 1 heterocycles. The molecule has 1 nitrogen and oxygen atoms in total. The van der Waals surface area contributed by atoms with Crippen LogP contribution in [0.15, 0.2) is 12.1 Å². The summed E-state index contributed by atoms with van der Waals surface area (Å²) >= 11 is 8.33. The summed E-state index contributed by atoms with van der Waals surface area (Å²) < 4.78 is 0. The molecule has 0 fully saturated rings. The van der Waals surface area contributed by atoms with Crippen LogP contribution in [0.25, 0.3) is 0 Å². The molecule has 2 atom stereocenters. The number of rotatable bonds is 2. The van der Waals surface area contributed by atoms with Crippen LogP contribution in [0.5, 0.6) is 0 Å². The fourth-order valence-corrected chi connectivity index (χ4v) is 4.25. The lowest BCUT2D eigenvalue weighted by atomic mass is 9.95. The van der Waals surface area contributed by atoms with Crippen LogP contribution in [0.1, 0.15) is 36.1 Å². The van der Waals surface area contributed by atoms with Gasteiger partial charge in [-0.25, -0.2) is 0 Å². The molecule has 0 saturated carbocycles. The summed E-state index contributed by atoms with van der Waals surface area (Å²) in [5.74, 6) is 1.05. The van der Waals surface area contributed by atoms with Gasteiger partial charge in [-0.1, -0.05) is 24.6 Å². The maximum Gasteiger partial charge on any atom is 0.0452 e. The Bertz CT molecular complexity index is 392. The maximum atomic E-state index is 6.32. The molecule has 2 unspecified atom stereocenters. The molecule has 1 N–H and O–H groups in total. The first-order valence-corrected chi connectivity index (χ1v) is 7.17. The van der Waals surface area contributed by atoms with Gasteiger partial charge in [-0.2, -0.15) is 11.8 Å². The predicted molar refractivity (Wildman–Crippen MR) is 73.4 cm³/mol. The number of benzene rings is 1. The van der Waals surface area contributed by atoms with Gasteiger partial charge in [-0.15, -0.1) is 0 Å². The monoisotopic (exact) mass is 255 g/mol. The molecule has 0 spiro atoms. The van der Waals surface area contributed by atoms with E-state index in [2.05, 4.69) is 31.3 Å². The molecule has 88 valence electrons. The van der Waals surface area contributed by atoms with Gasteiger partial charge in [0.15, 0.2) is 0 Å². The Morgan fingerprint density at radius 1 is 1.50 bits per heavy atom. The van der Waals surface area contributed by atoms with Crippen molar-refractivity contribution in [3.63, 3.8) is 0 Å². The number of halogens is 1. The lowest BCUT2D eigenvalue weighted by molar-refractivity contribution is 0.546. The number of nitrogens with one attached hydrogen (secondary N) is 1. The molecule has 3 heteroatoms. The third-order valence-electron chi connectivity index (χ3n) is 3.24. The Balaban J connectivity index is 2.47. The molecule has 1 aliphatic heterocycles. The normalized spacial score (nSPS) is 24.2. The summed E-state index contributed by atoms with van der Waals surface area (Å²) in [4.78, 5) is 0. The Morgan fingerprint density at radius 2 is 2.25 bits per heavy atom. The van der Waals surface area contributed by atoms with E-state index in [1.807, 2.05) is 18.8 Å². The minimum Gasteiger partial charge on any atom is -0.312 e. The summed E-state index contributed by atoms with van der Waals surface area (Å²) in [7, 11) is 2.04. The van der Waals surface area contributed by atoms with Crippen LogP contribution in [0.2, 0.25) is 5.02 Å². The zero-order valence-corrected chi connectivity index (χ0v) is 11.6. The minimum absolute atomic E-state index is 0.441. The van der Waals surface area contributed by atoms with E-state index in [9.17, 15) is 0 Å². The van der Waals surface area contributed by atoms with E-state index in [0.29, 0.717) is 11.3 Å². The van der Waals surface area contributed by atoms with Crippen molar-refractivity contribution in [2.45, 2.75) is 37.3 Å². The van der Waals surface area contributed by atoms with Crippen molar-refractivity contribution < 1.29 is 0 Å². The van der Waals surface area contributed by atoms with E-state index in [0.717, 1.165) is 10.8 Å². The fourth-order valence-electron chi connectivity index (χ4n) is 2.41. The molecule has 0 radical (unpaired) electrons. The molecule has 0 amide bonds. The highest BCUT2D eigenvalue weighted by Crippen LogP contribution is 2.42. The van der Waals surface area contributed by atoms with E-state index >= 15 is 0 Å². The first-order chi connectivity index (χ1) is 7.67. The molecule has 2 rings (SSSR count). The third kappa shape index (κ3) is 2.11. The van der Waals surface area contributed by atoms with Gasteiger partial charge >= 0.3 is 0 Å². The van der Waals surface area contributed by atoms with Crippen LogP contribution in [0.3, 0.4) is 0 Å². The molecule has 0 saturated heterocycles. The smallest absolute Gasteiger partial charge is 0.0452 e. The highest BCUT2D eigenvalue weighted by Gasteiger charge is 2.29. The topological polar surface area (TPSA) is 12.0 Å². The Hall–Kier alpha value is -0.180. The van der Waals surface area contributed by atoms with Gasteiger partial charge in [-0.05, 0) is 43.1 Å². The molecule has 1 aliphatic rings.